The fourth-order valence-corrected chi connectivity index (χ4v) is 3.15. The molecule has 4 rings (SSSR count). The highest BCUT2D eigenvalue weighted by Crippen LogP contribution is 2.34. The van der Waals surface area contributed by atoms with Crippen LogP contribution in [0.1, 0.15) is 12.0 Å². The quantitative estimate of drug-likeness (QED) is 0.474. The third kappa shape index (κ3) is 4.22. The summed E-state index contributed by atoms with van der Waals surface area (Å²) in [4.78, 5) is 29.1. The van der Waals surface area contributed by atoms with E-state index in [1.807, 2.05) is 0 Å². The summed E-state index contributed by atoms with van der Waals surface area (Å²) in [6.07, 6.45) is -2.32. The van der Waals surface area contributed by atoms with Crippen LogP contribution in [0.2, 0.25) is 0 Å². The highest BCUT2D eigenvalue weighted by Gasteiger charge is 2.33. The number of hydrogen-bond donors (Lipinski definition) is 1. The van der Waals surface area contributed by atoms with Crippen LogP contribution in [0.4, 0.5) is 23.2 Å². The standard InChI is InChI=1S/C21H15F4N5O2/c22-13-5-7-14(8-6-13)30-19-15(11-27-30)20(32)29(12-26-19)10-9-18(31)28-17-4-2-1-3-16(17)21(23,24)25/h1-8,11-12H,9-10H2,(H,28,31). The molecule has 0 aliphatic heterocycles. The number of benzene rings is 2. The molecule has 164 valence electrons. The van der Waals surface area contributed by atoms with Gasteiger partial charge >= 0.3 is 6.18 Å². The van der Waals surface area contributed by atoms with Gasteiger partial charge in [-0.05, 0) is 36.4 Å². The first kappa shape index (κ1) is 21.2. The van der Waals surface area contributed by atoms with Gasteiger partial charge in [-0.1, -0.05) is 12.1 Å². The Kier molecular flexibility index (Phi) is 5.47. The van der Waals surface area contributed by atoms with E-state index < -0.39 is 29.0 Å². The first-order valence-corrected chi connectivity index (χ1v) is 9.39. The molecule has 7 nitrogen and oxygen atoms in total. The van der Waals surface area contributed by atoms with Crippen LogP contribution in [0.15, 0.2) is 65.8 Å². The van der Waals surface area contributed by atoms with Crippen molar-refractivity contribution in [2.75, 3.05) is 5.32 Å². The van der Waals surface area contributed by atoms with E-state index in [9.17, 15) is 27.2 Å². The number of para-hydroxylation sites is 1. The smallest absolute Gasteiger partial charge is 0.325 e. The molecule has 2 aromatic carbocycles. The molecule has 0 atom stereocenters. The highest BCUT2D eigenvalue weighted by molar-refractivity contribution is 5.91. The number of amides is 1. The van der Waals surface area contributed by atoms with Crippen LogP contribution in [-0.4, -0.2) is 25.2 Å². The van der Waals surface area contributed by atoms with Crippen molar-refractivity contribution in [2.45, 2.75) is 19.1 Å². The summed E-state index contributed by atoms with van der Waals surface area (Å²) < 4.78 is 54.9. The van der Waals surface area contributed by atoms with Crippen molar-refractivity contribution < 1.29 is 22.4 Å². The molecule has 32 heavy (non-hydrogen) atoms. The summed E-state index contributed by atoms with van der Waals surface area (Å²) >= 11 is 0. The number of aromatic nitrogens is 4. The third-order valence-corrected chi connectivity index (χ3v) is 4.71. The monoisotopic (exact) mass is 445 g/mol. The molecule has 0 spiro atoms. The summed E-state index contributed by atoms with van der Waals surface area (Å²) in [5.74, 6) is -1.10. The lowest BCUT2D eigenvalue weighted by molar-refractivity contribution is -0.137. The van der Waals surface area contributed by atoms with Crippen molar-refractivity contribution in [3.05, 3.63) is 82.8 Å². The van der Waals surface area contributed by atoms with Crippen LogP contribution in [0.3, 0.4) is 0 Å². The Bertz CT molecular complexity index is 1340. The van der Waals surface area contributed by atoms with E-state index in [0.717, 1.165) is 12.1 Å². The minimum atomic E-state index is -4.61. The summed E-state index contributed by atoms with van der Waals surface area (Å²) in [7, 11) is 0. The van der Waals surface area contributed by atoms with Gasteiger partial charge < -0.3 is 5.32 Å². The molecule has 0 saturated carbocycles. The van der Waals surface area contributed by atoms with E-state index >= 15 is 0 Å². The van der Waals surface area contributed by atoms with Crippen LogP contribution in [0, 0.1) is 5.82 Å². The molecule has 4 aromatic rings. The molecule has 0 aliphatic carbocycles. The van der Waals surface area contributed by atoms with Gasteiger partial charge in [-0.25, -0.2) is 14.1 Å². The normalized spacial score (nSPS) is 11.6. The van der Waals surface area contributed by atoms with Crippen LogP contribution in [-0.2, 0) is 17.5 Å². The van der Waals surface area contributed by atoms with Crippen LogP contribution < -0.4 is 10.9 Å². The highest BCUT2D eigenvalue weighted by atomic mass is 19.4. The largest absolute Gasteiger partial charge is 0.418 e. The number of carbonyl (C=O) groups is 1. The number of carbonyl (C=O) groups excluding carboxylic acids is 1. The van der Waals surface area contributed by atoms with E-state index in [1.165, 1.54) is 58.2 Å². The van der Waals surface area contributed by atoms with Gasteiger partial charge in [-0.2, -0.15) is 18.3 Å². The maximum Gasteiger partial charge on any atom is 0.418 e. The van der Waals surface area contributed by atoms with Gasteiger partial charge in [-0.3, -0.25) is 14.2 Å². The lowest BCUT2D eigenvalue weighted by Crippen LogP contribution is -2.24. The number of nitrogens with zero attached hydrogens (tertiary/aromatic N) is 4. The molecule has 0 unspecified atom stereocenters. The van der Waals surface area contributed by atoms with Crippen molar-refractivity contribution in [1.82, 2.24) is 19.3 Å². The van der Waals surface area contributed by atoms with E-state index in [4.69, 9.17) is 0 Å². The molecule has 2 heterocycles. The van der Waals surface area contributed by atoms with Crippen LogP contribution in [0.25, 0.3) is 16.7 Å². The Balaban J connectivity index is 1.51. The number of anilines is 1. The predicted molar refractivity (Wildman–Crippen MR) is 108 cm³/mol. The van der Waals surface area contributed by atoms with Gasteiger partial charge in [0.25, 0.3) is 5.56 Å². The van der Waals surface area contributed by atoms with Gasteiger partial charge in [0.15, 0.2) is 5.65 Å². The van der Waals surface area contributed by atoms with E-state index in [-0.39, 0.29) is 29.7 Å². The van der Waals surface area contributed by atoms with Crippen molar-refractivity contribution in [1.29, 1.82) is 0 Å². The van der Waals surface area contributed by atoms with Gasteiger partial charge in [0.2, 0.25) is 5.91 Å². The number of nitrogens with one attached hydrogen (secondary N) is 1. The molecular weight excluding hydrogens is 430 g/mol. The Hall–Kier alpha value is -4.02. The second-order valence-electron chi connectivity index (χ2n) is 6.85. The first-order valence-electron chi connectivity index (χ1n) is 9.39. The zero-order valence-electron chi connectivity index (χ0n) is 16.3. The summed E-state index contributed by atoms with van der Waals surface area (Å²) in [6.45, 7) is -0.0937. The number of alkyl halides is 3. The van der Waals surface area contributed by atoms with Crippen molar-refractivity contribution in [2.24, 2.45) is 0 Å². The molecule has 0 bridgehead atoms. The van der Waals surface area contributed by atoms with Gasteiger partial charge in [-0.15, -0.1) is 0 Å². The Morgan fingerprint density at radius 2 is 1.78 bits per heavy atom. The summed E-state index contributed by atoms with van der Waals surface area (Å²) in [5, 5.41) is 6.53. The van der Waals surface area contributed by atoms with Gasteiger partial charge in [0, 0.05) is 13.0 Å². The van der Waals surface area contributed by atoms with Gasteiger partial charge in [0.05, 0.1) is 29.5 Å². The number of fused-ring (bicyclic) bond motifs is 1. The van der Waals surface area contributed by atoms with E-state index in [0.29, 0.717) is 5.69 Å². The molecule has 1 N–H and O–H groups in total. The number of hydrogen-bond acceptors (Lipinski definition) is 4. The second-order valence-corrected chi connectivity index (χ2v) is 6.85. The average Bonchev–Trinajstić information content (AvgIpc) is 3.18. The zero-order valence-corrected chi connectivity index (χ0v) is 16.3. The van der Waals surface area contributed by atoms with E-state index in [1.54, 1.807) is 0 Å². The lowest BCUT2D eigenvalue weighted by Gasteiger charge is -2.13. The fraction of sp³-hybridized carbons (Fsp3) is 0.143. The van der Waals surface area contributed by atoms with Crippen molar-refractivity contribution >= 4 is 22.6 Å². The number of rotatable bonds is 5. The molecule has 0 aliphatic rings. The molecule has 0 radical (unpaired) electrons. The molecule has 1 amide bonds. The number of halogens is 4. The maximum absolute atomic E-state index is 13.1. The molecule has 2 aromatic heterocycles. The van der Waals surface area contributed by atoms with Crippen LogP contribution in [0.5, 0.6) is 0 Å². The Labute approximate surface area is 177 Å². The summed E-state index contributed by atoms with van der Waals surface area (Å²) in [6, 6.07) is 10.1. The van der Waals surface area contributed by atoms with Crippen molar-refractivity contribution in [3.8, 4) is 5.69 Å². The third-order valence-electron chi connectivity index (χ3n) is 4.71. The first-order chi connectivity index (χ1) is 15.2. The second kappa shape index (κ2) is 8.25. The zero-order chi connectivity index (χ0) is 22.9. The molecular formula is C21H15F4N5O2. The maximum atomic E-state index is 13.1. The summed E-state index contributed by atoms with van der Waals surface area (Å²) in [5.41, 5.74) is -1.02. The molecule has 0 fully saturated rings. The predicted octanol–water partition coefficient (Wildman–Crippen LogP) is 3.77. The minimum Gasteiger partial charge on any atom is -0.325 e. The average molecular weight is 445 g/mol. The topological polar surface area (TPSA) is 81.8 Å². The molecule has 11 heteroatoms. The van der Waals surface area contributed by atoms with Crippen molar-refractivity contribution in [3.63, 3.8) is 0 Å². The minimum absolute atomic E-state index is 0.0937. The van der Waals surface area contributed by atoms with Gasteiger partial charge in [0.1, 0.15) is 11.2 Å². The van der Waals surface area contributed by atoms with Crippen LogP contribution >= 0.6 is 0 Å². The fourth-order valence-electron chi connectivity index (χ4n) is 3.15. The Morgan fingerprint density at radius 3 is 2.50 bits per heavy atom. The number of aryl methyl sites for hydroxylation is 1. The SMILES string of the molecule is O=C(CCn1cnc2c(cnn2-c2ccc(F)cc2)c1=O)Nc1ccccc1C(F)(F)F. The van der Waals surface area contributed by atoms with E-state index in [2.05, 4.69) is 15.4 Å². The molecule has 0 saturated heterocycles. The Morgan fingerprint density at radius 1 is 1.06 bits per heavy atom. The lowest BCUT2D eigenvalue weighted by atomic mass is 10.1.